The molecule has 39 heavy (non-hydrogen) atoms. The Balaban J connectivity index is 1.61. The molecule has 0 aliphatic heterocycles. The van der Waals surface area contributed by atoms with Crippen molar-refractivity contribution in [1.29, 1.82) is 0 Å². The van der Waals surface area contributed by atoms with Crippen molar-refractivity contribution < 1.29 is 14.3 Å². The zero-order chi connectivity index (χ0) is 27.6. The van der Waals surface area contributed by atoms with Crippen molar-refractivity contribution >= 4 is 38.5 Å². The molecule has 0 aliphatic rings. The van der Waals surface area contributed by atoms with Crippen LogP contribution in [0.5, 0.6) is 5.75 Å². The van der Waals surface area contributed by atoms with Gasteiger partial charge in [0.2, 0.25) is 5.91 Å². The predicted octanol–water partition coefficient (Wildman–Crippen LogP) is 6.85. The number of nitrogens with zero attached hydrogens (tertiary/aromatic N) is 1. The summed E-state index contributed by atoms with van der Waals surface area (Å²) in [6.45, 7) is 4.81. The molecular formula is C33H35BrN2O3. The number of benzene rings is 4. The Labute approximate surface area is 239 Å². The average molecular weight is 588 g/mol. The number of rotatable bonds is 12. The van der Waals surface area contributed by atoms with Gasteiger partial charge in [0.1, 0.15) is 11.8 Å². The Morgan fingerprint density at radius 1 is 0.897 bits per heavy atom. The summed E-state index contributed by atoms with van der Waals surface area (Å²) in [4.78, 5) is 29.0. The SMILES string of the molecule is CCCCNC(=O)[C@H](Cc1ccccc1)N(Cc1ccc(C)cc1)C(=O)COc1ccc2ccccc2c1Br. The first-order valence-corrected chi connectivity index (χ1v) is 14.2. The first kappa shape index (κ1) is 28.4. The van der Waals surface area contributed by atoms with Crippen LogP contribution in [0.4, 0.5) is 0 Å². The van der Waals surface area contributed by atoms with E-state index in [0.717, 1.165) is 44.8 Å². The summed E-state index contributed by atoms with van der Waals surface area (Å²) in [5.41, 5.74) is 3.09. The van der Waals surface area contributed by atoms with Crippen molar-refractivity contribution in [2.24, 2.45) is 0 Å². The number of ether oxygens (including phenoxy) is 1. The molecule has 0 saturated carbocycles. The molecule has 1 N–H and O–H groups in total. The lowest BCUT2D eigenvalue weighted by Crippen LogP contribution is -2.51. The van der Waals surface area contributed by atoms with Crippen LogP contribution >= 0.6 is 15.9 Å². The maximum Gasteiger partial charge on any atom is 0.261 e. The van der Waals surface area contributed by atoms with E-state index in [1.807, 2.05) is 97.9 Å². The molecule has 2 amide bonds. The van der Waals surface area contributed by atoms with E-state index in [1.165, 1.54) is 0 Å². The highest BCUT2D eigenvalue weighted by molar-refractivity contribution is 9.10. The van der Waals surface area contributed by atoms with Gasteiger partial charge in [-0.3, -0.25) is 9.59 Å². The van der Waals surface area contributed by atoms with E-state index < -0.39 is 6.04 Å². The third-order valence-electron chi connectivity index (χ3n) is 6.75. The molecule has 202 valence electrons. The quantitative estimate of drug-likeness (QED) is 0.185. The van der Waals surface area contributed by atoms with E-state index in [0.29, 0.717) is 25.3 Å². The molecule has 5 nitrogen and oxygen atoms in total. The zero-order valence-electron chi connectivity index (χ0n) is 22.5. The summed E-state index contributed by atoms with van der Waals surface area (Å²) in [6, 6.07) is 29.0. The lowest BCUT2D eigenvalue weighted by atomic mass is 10.0. The molecule has 1 atom stereocenters. The minimum Gasteiger partial charge on any atom is -0.483 e. The highest BCUT2D eigenvalue weighted by Gasteiger charge is 2.30. The van der Waals surface area contributed by atoms with Gasteiger partial charge in [0.05, 0.1) is 4.47 Å². The van der Waals surface area contributed by atoms with Gasteiger partial charge in [-0.25, -0.2) is 0 Å². The first-order valence-electron chi connectivity index (χ1n) is 13.4. The molecule has 0 fully saturated rings. The predicted molar refractivity (Wildman–Crippen MR) is 161 cm³/mol. The molecule has 0 spiro atoms. The molecule has 4 aromatic carbocycles. The van der Waals surface area contributed by atoms with Crippen LogP contribution in [-0.4, -0.2) is 35.9 Å². The second-order valence-electron chi connectivity index (χ2n) is 9.74. The van der Waals surface area contributed by atoms with Crippen LogP contribution in [-0.2, 0) is 22.6 Å². The number of unbranched alkanes of at least 4 members (excludes halogenated alkanes) is 1. The van der Waals surface area contributed by atoms with Crippen molar-refractivity contribution in [1.82, 2.24) is 10.2 Å². The van der Waals surface area contributed by atoms with Crippen LogP contribution in [0, 0.1) is 6.92 Å². The topological polar surface area (TPSA) is 58.6 Å². The van der Waals surface area contributed by atoms with Crippen LogP contribution in [0.3, 0.4) is 0 Å². The third kappa shape index (κ3) is 7.70. The van der Waals surface area contributed by atoms with E-state index in [1.54, 1.807) is 4.90 Å². The highest BCUT2D eigenvalue weighted by atomic mass is 79.9. The fourth-order valence-electron chi connectivity index (χ4n) is 4.50. The molecule has 0 aromatic heterocycles. The molecule has 0 saturated heterocycles. The Hall–Kier alpha value is -3.64. The molecule has 0 bridgehead atoms. The Bertz CT molecular complexity index is 1390. The van der Waals surface area contributed by atoms with Crippen LogP contribution in [0.1, 0.15) is 36.5 Å². The van der Waals surface area contributed by atoms with Crippen LogP contribution in [0.2, 0.25) is 0 Å². The summed E-state index contributed by atoms with van der Waals surface area (Å²) in [6.07, 6.45) is 2.27. The number of hydrogen-bond acceptors (Lipinski definition) is 3. The van der Waals surface area contributed by atoms with Crippen molar-refractivity contribution in [3.8, 4) is 5.75 Å². The maximum atomic E-state index is 13.8. The monoisotopic (exact) mass is 586 g/mol. The molecule has 4 rings (SSSR count). The number of amides is 2. The normalized spacial score (nSPS) is 11.7. The average Bonchev–Trinajstić information content (AvgIpc) is 2.96. The number of fused-ring (bicyclic) bond motifs is 1. The van der Waals surface area contributed by atoms with E-state index in [4.69, 9.17) is 4.74 Å². The number of nitrogens with one attached hydrogen (secondary N) is 1. The Morgan fingerprint density at radius 2 is 1.62 bits per heavy atom. The van der Waals surface area contributed by atoms with Gasteiger partial charge in [0.15, 0.2) is 6.61 Å². The maximum absolute atomic E-state index is 13.8. The van der Waals surface area contributed by atoms with Gasteiger partial charge in [-0.15, -0.1) is 0 Å². The lowest BCUT2D eigenvalue weighted by molar-refractivity contribution is -0.142. The number of carbonyl (C=O) groups is 2. The number of carbonyl (C=O) groups excluding carboxylic acids is 2. The van der Waals surface area contributed by atoms with Gasteiger partial charge >= 0.3 is 0 Å². The van der Waals surface area contributed by atoms with Crippen LogP contribution in [0.15, 0.2) is 95.5 Å². The van der Waals surface area contributed by atoms with Crippen molar-refractivity contribution in [3.05, 3.63) is 112 Å². The molecule has 0 radical (unpaired) electrons. The second-order valence-corrected chi connectivity index (χ2v) is 10.5. The van der Waals surface area contributed by atoms with Gasteiger partial charge in [0, 0.05) is 19.5 Å². The summed E-state index contributed by atoms with van der Waals surface area (Å²) in [7, 11) is 0. The lowest BCUT2D eigenvalue weighted by Gasteiger charge is -2.31. The number of halogens is 1. The van der Waals surface area contributed by atoms with E-state index >= 15 is 0 Å². The number of aryl methyl sites for hydroxylation is 1. The van der Waals surface area contributed by atoms with Crippen LogP contribution < -0.4 is 10.1 Å². The van der Waals surface area contributed by atoms with Gasteiger partial charge in [-0.2, -0.15) is 0 Å². The van der Waals surface area contributed by atoms with E-state index in [9.17, 15) is 9.59 Å². The molecule has 0 unspecified atom stereocenters. The largest absolute Gasteiger partial charge is 0.483 e. The molecule has 6 heteroatoms. The van der Waals surface area contributed by atoms with Crippen molar-refractivity contribution in [2.45, 2.75) is 45.7 Å². The van der Waals surface area contributed by atoms with Crippen molar-refractivity contribution in [3.63, 3.8) is 0 Å². The summed E-state index contributed by atoms with van der Waals surface area (Å²) in [5, 5.41) is 5.15. The molecule has 0 heterocycles. The number of hydrogen-bond donors (Lipinski definition) is 1. The third-order valence-corrected chi connectivity index (χ3v) is 7.57. The van der Waals surface area contributed by atoms with Gasteiger partial charge < -0.3 is 15.0 Å². The highest BCUT2D eigenvalue weighted by Crippen LogP contribution is 2.33. The van der Waals surface area contributed by atoms with Crippen molar-refractivity contribution in [2.75, 3.05) is 13.2 Å². The fourth-order valence-corrected chi connectivity index (χ4v) is 5.11. The molecule has 0 aliphatic carbocycles. The fraction of sp³-hybridized carbons (Fsp3) is 0.273. The Morgan fingerprint density at radius 3 is 2.36 bits per heavy atom. The molecular weight excluding hydrogens is 552 g/mol. The Kier molecular flexibility index (Phi) is 10.1. The summed E-state index contributed by atoms with van der Waals surface area (Å²) < 4.78 is 6.86. The van der Waals surface area contributed by atoms with Gasteiger partial charge in [0.25, 0.3) is 5.91 Å². The molecule has 4 aromatic rings. The van der Waals surface area contributed by atoms with Gasteiger partial charge in [-0.1, -0.05) is 104 Å². The van der Waals surface area contributed by atoms with Crippen LogP contribution in [0.25, 0.3) is 10.8 Å². The standard InChI is InChI=1S/C33H35BrN2O3/c1-3-4-20-35-33(38)29(21-25-10-6-5-7-11-25)36(22-26-16-14-24(2)15-17-26)31(37)23-39-30-19-18-27-12-8-9-13-28(27)32(30)34/h5-19,29H,3-4,20-23H2,1-2H3,(H,35,38)/t29-/m0/s1. The second kappa shape index (κ2) is 13.9. The first-order chi connectivity index (χ1) is 19.0. The zero-order valence-corrected chi connectivity index (χ0v) is 24.1. The van der Waals surface area contributed by atoms with E-state index in [2.05, 4.69) is 28.2 Å². The smallest absolute Gasteiger partial charge is 0.261 e. The van der Waals surface area contributed by atoms with Gasteiger partial charge in [-0.05, 0) is 57.2 Å². The summed E-state index contributed by atoms with van der Waals surface area (Å²) in [5.74, 6) is 0.186. The minimum absolute atomic E-state index is 0.153. The summed E-state index contributed by atoms with van der Waals surface area (Å²) >= 11 is 3.65. The minimum atomic E-state index is -0.679. The van der Waals surface area contributed by atoms with E-state index in [-0.39, 0.29) is 18.4 Å².